The van der Waals surface area contributed by atoms with Gasteiger partial charge in [0.1, 0.15) is 6.42 Å². The van der Waals surface area contributed by atoms with Gasteiger partial charge in [0.15, 0.2) is 0 Å². The van der Waals surface area contributed by atoms with Gasteiger partial charge in [-0.1, -0.05) is 0 Å². The maximum Gasteiger partial charge on any atom is 0.324 e. The van der Waals surface area contributed by atoms with Gasteiger partial charge in [-0.2, -0.15) is 5.26 Å². The molecule has 0 bridgehead atoms. The van der Waals surface area contributed by atoms with Crippen molar-refractivity contribution in [2.75, 3.05) is 13.1 Å². The van der Waals surface area contributed by atoms with Gasteiger partial charge in [0.25, 0.3) is 0 Å². The van der Waals surface area contributed by atoms with Crippen LogP contribution in [0.4, 0.5) is 4.79 Å². The van der Waals surface area contributed by atoms with Crippen molar-refractivity contribution in [2.24, 2.45) is 0 Å². The van der Waals surface area contributed by atoms with Crippen molar-refractivity contribution in [2.45, 2.75) is 6.42 Å². The Morgan fingerprint density at radius 3 is 3.00 bits per heavy atom. The van der Waals surface area contributed by atoms with Crippen molar-refractivity contribution < 1.29 is 9.59 Å². The molecule has 0 aromatic rings. The van der Waals surface area contributed by atoms with Crippen LogP contribution in [0.25, 0.3) is 0 Å². The van der Waals surface area contributed by atoms with E-state index in [0.717, 1.165) is 4.90 Å². The molecule has 1 fully saturated rings. The number of hydrogen-bond acceptors (Lipinski definition) is 3. The van der Waals surface area contributed by atoms with Gasteiger partial charge < -0.3 is 5.32 Å². The number of hydrogen-bond donors (Lipinski definition) is 1. The van der Waals surface area contributed by atoms with Crippen molar-refractivity contribution in [1.29, 1.82) is 5.26 Å². The largest absolute Gasteiger partial charge is 0.336 e. The maximum absolute atomic E-state index is 10.9. The summed E-state index contributed by atoms with van der Waals surface area (Å²) in [7, 11) is 0. The van der Waals surface area contributed by atoms with E-state index < -0.39 is 11.9 Å². The molecule has 0 aromatic carbocycles. The number of amides is 3. The lowest BCUT2D eigenvalue weighted by Crippen LogP contribution is -2.33. The highest BCUT2D eigenvalue weighted by atomic mass is 16.2. The highest BCUT2D eigenvalue weighted by Gasteiger charge is 2.25. The Hall–Kier alpha value is -1.57. The minimum atomic E-state index is -0.428. The highest BCUT2D eigenvalue weighted by Crippen LogP contribution is 1.98. The molecule has 0 unspecified atom stereocenters. The first-order valence-corrected chi connectivity index (χ1v) is 3.21. The molecule has 1 saturated heterocycles. The van der Waals surface area contributed by atoms with Crippen LogP contribution in [0, 0.1) is 11.3 Å². The van der Waals surface area contributed by atoms with Gasteiger partial charge >= 0.3 is 6.03 Å². The molecule has 0 saturated carbocycles. The van der Waals surface area contributed by atoms with E-state index in [9.17, 15) is 9.59 Å². The van der Waals surface area contributed by atoms with E-state index in [1.165, 1.54) is 0 Å². The third-order valence-electron chi connectivity index (χ3n) is 1.39. The molecule has 0 atom stereocenters. The first kappa shape index (κ1) is 7.54. The molecule has 58 valence electrons. The molecule has 1 N–H and O–H groups in total. The number of carbonyl (C=O) groups is 2. The van der Waals surface area contributed by atoms with Crippen LogP contribution < -0.4 is 5.32 Å². The Bertz CT molecular complexity index is 230. The quantitative estimate of drug-likeness (QED) is 0.549. The summed E-state index contributed by atoms with van der Waals surface area (Å²) in [5.74, 6) is -0.428. The third-order valence-corrected chi connectivity index (χ3v) is 1.39. The van der Waals surface area contributed by atoms with E-state index >= 15 is 0 Å². The number of urea groups is 1. The number of nitriles is 1. The lowest BCUT2D eigenvalue weighted by Gasteiger charge is -2.08. The zero-order chi connectivity index (χ0) is 8.27. The highest BCUT2D eigenvalue weighted by molar-refractivity contribution is 5.96. The summed E-state index contributed by atoms with van der Waals surface area (Å²) in [6.45, 7) is 0.856. The molecule has 3 amide bonds. The topological polar surface area (TPSA) is 73.2 Å². The predicted molar refractivity (Wildman–Crippen MR) is 35.3 cm³/mol. The van der Waals surface area contributed by atoms with Crippen LogP contribution >= 0.6 is 0 Å². The molecule has 0 aliphatic carbocycles. The summed E-state index contributed by atoms with van der Waals surface area (Å²) in [6.07, 6.45) is -0.229. The van der Waals surface area contributed by atoms with Crippen LogP contribution in [-0.2, 0) is 4.79 Å². The number of nitrogens with zero attached hydrogens (tertiary/aromatic N) is 2. The first-order chi connectivity index (χ1) is 5.25. The van der Waals surface area contributed by atoms with Gasteiger partial charge in [-0.3, -0.25) is 9.69 Å². The van der Waals surface area contributed by atoms with Crippen LogP contribution in [0.3, 0.4) is 0 Å². The van der Waals surface area contributed by atoms with Gasteiger partial charge in [0.05, 0.1) is 6.07 Å². The van der Waals surface area contributed by atoms with Gasteiger partial charge in [-0.05, 0) is 0 Å². The molecule has 5 nitrogen and oxygen atoms in total. The second-order valence-corrected chi connectivity index (χ2v) is 2.11. The smallest absolute Gasteiger partial charge is 0.324 e. The van der Waals surface area contributed by atoms with E-state index in [-0.39, 0.29) is 6.42 Å². The second-order valence-electron chi connectivity index (χ2n) is 2.11. The molecule has 1 heterocycles. The average molecular weight is 153 g/mol. The summed E-state index contributed by atoms with van der Waals surface area (Å²) < 4.78 is 0. The Morgan fingerprint density at radius 2 is 2.55 bits per heavy atom. The fourth-order valence-electron chi connectivity index (χ4n) is 0.873. The fourth-order valence-corrected chi connectivity index (χ4v) is 0.873. The summed E-state index contributed by atoms with van der Waals surface area (Å²) in [6, 6.07) is 1.30. The Morgan fingerprint density at radius 1 is 1.82 bits per heavy atom. The van der Waals surface area contributed by atoms with Crippen LogP contribution in [0.15, 0.2) is 0 Å². The second kappa shape index (κ2) is 3.01. The van der Waals surface area contributed by atoms with Crippen LogP contribution in [-0.4, -0.2) is 29.9 Å². The lowest BCUT2D eigenvalue weighted by atomic mass is 10.4. The lowest BCUT2D eigenvalue weighted by molar-refractivity contribution is -0.126. The fraction of sp³-hybridized carbons (Fsp3) is 0.500. The number of carbonyl (C=O) groups excluding carboxylic acids is 2. The molecule has 0 aromatic heterocycles. The van der Waals surface area contributed by atoms with Gasteiger partial charge in [0.2, 0.25) is 5.91 Å². The molecular weight excluding hydrogens is 146 g/mol. The van der Waals surface area contributed by atoms with Crippen molar-refractivity contribution in [3.63, 3.8) is 0 Å². The summed E-state index contributed by atoms with van der Waals surface area (Å²) in [5.41, 5.74) is 0. The zero-order valence-corrected chi connectivity index (χ0v) is 5.83. The van der Waals surface area contributed by atoms with Crippen LogP contribution in [0.2, 0.25) is 0 Å². The molecule has 5 heteroatoms. The van der Waals surface area contributed by atoms with Crippen molar-refractivity contribution in [3.8, 4) is 6.07 Å². The standard InChI is InChI=1S/C6H7N3O2/c7-2-1-5(10)9-4-3-8-6(9)11/h1,3-4H2,(H,8,11). The number of rotatable bonds is 1. The molecule has 1 aliphatic rings. The SMILES string of the molecule is N#CCC(=O)N1CCNC1=O. The van der Waals surface area contributed by atoms with E-state index in [2.05, 4.69) is 5.32 Å². The Kier molecular flexibility index (Phi) is 2.06. The number of nitrogens with one attached hydrogen (secondary N) is 1. The molecular formula is C6H7N3O2. The summed E-state index contributed by atoms with van der Waals surface area (Å²) in [4.78, 5) is 22.7. The van der Waals surface area contributed by atoms with Gasteiger partial charge in [-0.25, -0.2) is 4.79 Å². The minimum Gasteiger partial charge on any atom is -0.336 e. The average Bonchev–Trinajstić information content (AvgIpc) is 2.36. The van der Waals surface area contributed by atoms with Gasteiger partial charge in [-0.15, -0.1) is 0 Å². The Balaban J connectivity index is 2.54. The first-order valence-electron chi connectivity index (χ1n) is 3.21. The molecule has 1 rings (SSSR count). The van der Waals surface area contributed by atoms with Crippen LogP contribution in [0.1, 0.15) is 6.42 Å². The van der Waals surface area contributed by atoms with E-state index in [0.29, 0.717) is 13.1 Å². The zero-order valence-electron chi connectivity index (χ0n) is 5.83. The van der Waals surface area contributed by atoms with Crippen molar-refractivity contribution >= 4 is 11.9 Å². The predicted octanol–water partition coefficient (Wildman–Crippen LogP) is -0.548. The van der Waals surface area contributed by atoms with Crippen molar-refractivity contribution in [1.82, 2.24) is 10.2 Å². The Labute approximate surface area is 63.6 Å². The monoisotopic (exact) mass is 153 g/mol. The van der Waals surface area contributed by atoms with Crippen LogP contribution in [0.5, 0.6) is 0 Å². The van der Waals surface area contributed by atoms with E-state index in [1.54, 1.807) is 6.07 Å². The summed E-state index contributed by atoms with van der Waals surface area (Å²) >= 11 is 0. The maximum atomic E-state index is 10.9. The van der Waals surface area contributed by atoms with Crippen molar-refractivity contribution in [3.05, 3.63) is 0 Å². The third kappa shape index (κ3) is 1.46. The van der Waals surface area contributed by atoms with E-state index in [1.807, 2.05) is 0 Å². The summed E-state index contributed by atoms with van der Waals surface area (Å²) in [5, 5.41) is 10.6. The molecule has 1 aliphatic heterocycles. The number of imide groups is 1. The molecule has 0 radical (unpaired) electrons. The molecule has 0 spiro atoms. The van der Waals surface area contributed by atoms with E-state index in [4.69, 9.17) is 5.26 Å². The van der Waals surface area contributed by atoms with Gasteiger partial charge in [0, 0.05) is 13.1 Å². The normalized spacial score (nSPS) is 15.9. The molecule has 11 heavy (non-hydrogen) atoms. The minimum absolute atomic E-state index is 0.229.